The van der Waals surface area contributed by atoms with Gasteiger partial charge in [0.2, 0.25) is 5.88 Å². The van der Waals surface area contributed by atoms with Gasteiger partial charge in [0.25, 0.3) is 0 Å². The second-order valence-corrected chi connectivity index (χ2v) is 4.77. The van der Waals surface area contributed by atoms with E-state index in [0.29, 0.717) is 6.10 Å². The van der Waals surface area contributed by atoms with Crippen LogP contribution in [0.2, 0.25) is 0 Å². The van der Waals surface area contributed by atoms with Gasteiger partial charge in [0.15, 0.2) is 0 Å². The van der Waals surface area contributed by atoms with Gasteiger partial charge in [-0.1, -0.05) is 12.5 Å². The third kappa shape index (κ3) is 4.00. The predicted molar refractivity (Wildman–Crippen MR) is 69.1 cm³/mol. The average molecular weight is 234 g/mol. The Kier molecular flexibility index (Phi) is 4.80. The van der Waals surface area contributed by atoms with E-state index in [9.17, 15) is 0 Å². The molecule has 1 aromatic heterocycles. The van der Waals surface area contributed by atoms with Crippen LogP contribution in [-0.4, -0.2) is 17.6 Å². The number of pyridine rings is 1. The summed E-state index contributed by atoms with van der Waals surface area (Å²) in [6.45, 7) is 0.736. The van der Waals surface area contributed by atoms with Crippen LogP contribution in [0.4, 0.5) is 0 Å². The second-order valence-electron chi connectivity index (χ2n) is 4.77. The normalized spacial score (nSPS) is 17.0. The van der Waals surface area contributed by atoms with Crippen molar-refractivity contribution in [3.05, 3.63) is 23.9 Å². The molecule has 2 rings (SSSR count). The van der Waals surface area contributed by atoms with Crippen LogP contribution in [0.3, 0.4) is 0 Å². The maximum Gasteiger partial charge on any atom is 0.213 e. The Bertz CT molecular complexity index is 317. The minimum absolute atomic E-state index is 0.381. The molecule has 1 aromatic rings. The summed E-state index contributed by atoms with van der Waals surface area (Å²) in [4.78, 5) is 4.36. The topological polar surface area (TPSA) is 48.1 Å². The Morgan fingerprint density at radius 2 is 2.06 bits per heavy atom. The largest absolute Gasteiger partial charge is 0.474 e. The fraction of sp³-hybridized carbons (Fsp3) is 0.643. The number of hydrogen-bond donors (Lipinski definition) is 1. The van der Waals surface area contributed by atoms with Gasteiger partial charge in [0, 0.05) is 12.3 Å². The van der Waals surface area contributed by atoms with E-state index in [4.69, 9.17) is 10.5 Å². The average Bonchev–Trinajstić information content (AvgIpc) is 2.39. The van der Waals surface area contributed by atoms with Gasteiger partial charge in [-0.15, -0.1) is 0 Å². The van der Waals surface area contributed by atoms with E-state index < -0.39 is 0 Å². The van der Waals surface area contributed by atoms with Crippen molar-refractivity contribution < 1.29 is 4.74 Å². The minimum Gasteiger partial charge on any atom is -0.474 e. The van der Waals surface area contributed by atoms with Gasteiger partial charge in [-0.3, -0.25) is 0 Å². The molecule has 0 spiro atoms. The first-order valence-corrected chi connectivity index (χ1v) is 6.70. The lowest BCUT2D eigenvalue weighted by Gasteiger charge is -2.22. The predicted octanol–water partition coefficient (Wildman–Crippen LogP) is 2.68. The first-order valence-electron chi connectivity index (χ1n) is 6.70. The standard InChI is InChI=1S/C14H22N2O/c15-10-4-5-12-8-9-14(16-11-12)17-13-6-2-1-3-7-13/h8-9,11,13H,1-7,10,15H2. The van der Waals surface area contributed by atoms with Gasteiger partial charge < -0.3 is 10.5 Å². The van der Waals surface area contributed by atoms with E-state index >= 15 is 0 Å². The fourth-order valence-electron chi connectivity index (χ4n) is 2.29. The molecule has 17 heavy (non-hydrogen) atoms. The SMILES string of the molecule is NCCCc1ccc(OC2CCCCC2)nc1. The fourth-order valence-corrected chi connectivity index (χ4v) is 2.29. The highest BCUT2D eigenvalue weighted by Crippen LogP contribution is 2.22. The lowest BCUT2D eigenvalue weighted by Crippen LogP contribution is -2.20. The van der Waals surface area contributed by atoms with Crippen molar-refractivity contribution in [1.29, 1.82) is 0 Å². The summed E-state index contributed by atoms with van der Waals surface area (Å²) in [5.41, 5.74) is 6.73. The third-order valence-electron chi connectivity index (χ3n) is 3.31. The van der Waals surface area contributed by atoms with E-state index in [1.165, 1.54) is 37.7 Å². The van der Waals surface area contributed by atoms with Crippen molar-refractivity contribution in [2.45, 2.75) is 51.0 Å². The molecule has 0 aromatic carbocycles. The molecular weight excluding hydrogens is 212 g/mol. The van der Waals surface area contributed by atoms with Crippen LogP contribution in [0.15, 0.2) is 18.3 Å². The molecule has 0 saturated heterocycles. The van der Waals surface area contributed by atoms with Gasteiger partial charge in [-0.2, -0.15) is 0 Å². The highest BCUT2D eigenvalue weighted by molar-refractivity contribution is 5.18. The molecule has 1 aliphatic carbocycles. The summed E-state index contributed by atoms with van der Waals surface area (Å²) in [7, 11) is 0. The molecule has 3 heteroatoms. The van der Waals surface area contributed by atoms with Gasteiger partial charge >= 0.3 is 0 Å². The van der Waals surface area contributed by atoms with Gasteiger partial charge in [0.05, 0.1) is 0 Å². The summed E-state index contributed by atoms with van der Waals surface area (Å²) >= 11 is 0. The number of aryl methyl sites for hydroxylation is 1. The highest BCUT2D eigenvalue weighted by atomic mass is 16.5. The molecular formula is C14H22N2O. The number of nitrogens with two attached hydrogens (primary N) is 1. The van der Waals surface area contributed by atoms with Crippen molar-refractivity contribution in [1.82, 2.24) is 4.98 Å². The lowest BCUT2D eigenvalue weighted by atomic mass is 9.98. The minimum atomic E-state index is 0.381. The molecule has 0 unspecified atom stereocenters. The first-order chi connectivity index (χ1) is 8.38. The second kappa shape index (κ2) is 6.60. The molecule has 3 nitrogen and oxygen atoms in total. The van der Waals surface area contributed by atoms with Crippen molar-refractivity contribution >= 4 is 0 Å². The smallest absolute Gasteiger partial charge is 0.213 e. The van der Waals surface area contributed by atoms with Crippen LogP contribution in [-0.2, 0) is 6.42 Å². The van der Waals surface area contributed by atoms with E-state index in [1.807, 2.05) is 12.3 Å². The number of ether oxygens (including phenoxy) is 1. The maximum atomic E-state index is 5.88. The van der Waals surface area contributed by atoms with Crippen LogP contribution >= 0.6 is 0 Å². The van der Waals surface area contributed by atoms with E-state index in [2.05, 4.69) is 11.1 Å². The molecule has 94 valence electrons. The van der Waals surface area contributed by atoms with Crippen molar-refractivity contribution in [2.75, 3.05) is 6.54 Å². The van der Waals surface area contributed by atoms with Gasteiger partial charge in [-0.25, -0.2) is 4.98 Å². The molecule has 0 bridgehead atoms. The summed E-state index contributed by atoms with van der Waals surface area (Å²) in [5, 5.41) is 0. The molecule has 1 heterocycles. The molecule has 0 radical (unpaired) electrons. The monoisotopic (exact) mass is 234 g/mol. The van der Waals surface area contributed by atoms with Crippen molar-refractivity contribution in [2.24, 2.45) is 5.73 Å². The summed E-state index contributed by atoms with van der Waals surface area (Å²) in [6.07, 6.45) is 10.6. The molecule has 0 atom stereocenters. The molecule has 1 fully saturated rings. The van der Waals surface area contributed by atoms with E-state index in [1.54, 1.807) is 0 Å². The number of nitrogens with zero attached hydrogens (tertiary/aromatic N) is 1. The maximum absolute atomic E-state index is 5.88. The quantitative estimate of drug-likeness (QED) is 0.852. The third-order valence-corrected chi connectivity index (χ3v) is 3.31. The van der Waals surface area contributed by atoms with Crippen LogP contribution in [0.1, 0.15) is 44.1 Å². The Labute approximate surface area is 103 Å². The van der Waals surface area contributed by atoms with Crippen LogP contribution < -0.4 is 10.5 Å². The van der Waals surface area contributed by atoms with Crippen LogP contribution in [0, 0.1) is 0 Å². The zero-order valence-corrected chi connectivity index (χ0v) is 10.4. The molecule has 0 aliphatic heterocycles. The molecule has 2 N–H and O–H groups in total. The summed E-state index contributed by atoms with van der Waals surface area (Å²) < 4.78 is 5.88. The zero-order chi connectivity index (χ0) is 11.9. The molecule has 1 aliphatic rings. The molecule has 1 saturated carbocycles. The number of rotatable bonds is 5. The Balaban J connectivity index is 1.84. The van der Waals surface area contributed by atoms with Crippen LogP contribution in [0.25, 0.3) is 0 Å². The highest BCUT2D eigenvalue weighted by Gasteiger charge is 2.14. The van der Waals surface area contributed by atoms with Crippen molar-refractivity contribution in [3.8, 4) is 5.88 Å². The summed E-state index contributed by atoms with van der Waals surface area (Å²) in [5.74, 6) is 0.772. The zero-order valence-electron chi connectivity index (χ0n) is 10.4. The lowest BCUT2D eigenvalue weighted by molar-refractivity contribution is 0.148. The van der Waals surface area contributed by atoms with E-state index in [0.717, 1.165) is 25.3 Å². The van der Waals surface area contributed by atoms with Crippen LogP contribution in [0.5, 0.6) is 5.88 Å². The first kappa shape index (κ1) is 12.4. The number of aromatic nitrogens is 1. The van der Waals surface area contributed by atoms with Gasteiger partial charge in [0.1, 0.15) is 6.10 Å². The molecule has 0 amide bonds. The Morgan fingerprint density at radius 1 is 1.24 bits per heavy atom. The Hall–Kier alpha value is -1.09. The number of hydrogen-bond acceptors (Lipinski definition) is 3. The van der Waals surface area contributed by atoms with E-state index in [-0.39, 0.29) is 0 Å². The summed E-state index contributed by atoms with van der Waals surface area (Å²) in [6, 6.07) is 4.08. The van der Waals surface area contributed by atoms with Crippen molar-refractivity contribution in [3.63, 3.8) is 0 Å². The van der Waals surface area contributed by atoms with Gasteiger partial charge in [-0.05, 0) is 50.6 Å². The Morgan fingerprint density at radius 3 is 2.71 bits per heavy atom.